The van der Waals surface area contributed by atoms with E-state index in [2.05, 4.69) is 11.8 Å². The highest BCUT2D eigenvalue weighted by molar-refractivity contribution is 7.91. The average molecular weight is 558 g/mol. The van der Waals surface area contributed by atoms with Crippen LogP contribution >= 0.6 is 22.9 Å². The summed E-state index contributed by atoms with van der Waals surface area (Å²) in [7, 11) is -3.81. The van der Waals surface area contributed by atoms with Crippen molar-refractivity contribution in [3.63, 3.8) is 0 Å². The lowest BCUT2D eigenvalue weighted by molar-refractivity contribution is -0.0762. The van der Waals surface area contributed by atoms with Crippen LogP contribution in [0.5, 0.6) is 0 Å². The molecule has 1 aromatic rings. The number of thiophene rings is 1. The van der Waals surface area contributed by atoms with Crippen molar-refractivity contribution in [2.75, 3.05) is 32.8 Å². The number of hydrogen-bond acceptors (Lipinski definition) is 7. The molecule has 2 saturated carbocycles. The fraction of sp³-hybridized carbons (Fsp3) is 0.800. The predicted molar refractivity (Wildman–Crippen MR) is 138 cm³/mol. The van der Waals surface area contributed by atoms with E-state index in [1.807, 2.05) is 4.90 Å². The van der Waals surface area contributed by atoms with Crippen molar-refractivity contribution in [2.24, 2.45) is 5.92 Å². The van der Waals surface area contributed by atoms with E-state index in [1.54, 1.807) is 16.4 Å². The number of rotatable bonds is 8. The van der Waals surface area contributed by atoms with Crippen LogP contribution in [-0.4, -0.2) is 91.2 Å². The first-order chi connectivity index (χ1) is 17.3. The van der Waals surface area contributed by atoms with Crippen LogP contribution in [0.25, 0.3) is 0 Å². The lowest BCUT2D eigenvalue weighted by Crippen LogP contribution is -2.61. The van der Waals surface area contributed by atoms with Gasteiger partial charge in [-0.05, 0) is 63.1 Å². The predicted octanol–water partition coefficient (Wildman–Crippen LogP) is 4.19. The average Bonchev–Trinajstić information content (AvgIpc) is 3.76. The first-order valence-corrected chi connectivity index (χ1v) is 16.0. The van der Waals surface area contributed by atoms with Crippen molar-refractivity contribution in [2.45, 2.75) is 92.3 Å². The Balaban J connectivity index is 1.23. The van der Waals surface area contributed by atoms with Crippen LogP contribution in [0, 0.1) is 5.92 Å². The quantitative estimate of drug-likeness (QED) is 0.477. The molecule has 3 saturated heterocycles. The number of fused-ring (bicyclic) bond motifs is 2. The number of piperazine rings is 1. The van der Waals surface area contributed by atoms with Gasteiger partial charge in [0.25, 0.3) is 10.0 Å². The summed E-state index contributed by atoms with van der Waals surface area (Å²) in [6.07, 6.45) is 7.40. The molecular formula is C25H36ClN3O5S2. The minimum absolute atomic E-state index is 0.238. The molecule has 2 aliphatic carbocycles. The molecule has 1 aromatic heterocycles. The van der Waals surface area contributed by atoms with Crippen LogP contribution in [0.4, 0.5) is 4.79 Å². The molecule has 5 fully saturated rings. The number of nitrogens with zero attached hydrogens (tertiary/aromatic N) is 3. The molecular weight excluding hydrogens is 522 g/mol. The molecule has 0 spiro atoms. The Morgan fingerprint density at radius 3 is 2.47 bits per heavy atom. The van der Waals surface area contributed by atoms with E-state index in [9.17, 15) is 13.2 Å². The highest BCUT2D eigenvalue weighted by Crippen LogP contribution is 2.50. The van der Waals surface area contributed by atoms with Crippen LogP contribution in [-0.2, 0) is 19.5 Å². The number of halogens is 1. The number of carbonyl (C=O) groups excluding carboxylic acids is 1. The molecule has 2 bridgehead atoms. The van der Waals surface area contributed by atoms with Crippen molar-refractivity contribution < 1.29 is 22.7 Å². The SMILES string of the molecule is CCCN1C2CCC1CN(C(=O)OC1([C@H]3COC[C@@H](CC4CC4)N3S(=O)(=O)c3ccc(Cl)s3)CC1)C2. The fourth-order valence-corrected chi connectivity index (χ4v) is 9.98. The normalized spacial score (nSPS) is 32.6. The summed E-state index contributed by atoms with van der Waals surface area (Å²) in [4.78, 5) is 17.8. The molecule has 36 heavy (non-hydrogen) atoms. The second-order valence-corrected chi connectivity index (χ2v) is 15.0. The van der Waals surface area contributed by atoms with Crippen LogP contribution in [0.15, 0.2) is 16.3 Å². The zero-order valence-corrected chi connectivity index (χ0v) is 23.2. The number of hydrogen-bond donors (Lipinski definition) is 0. The topological polar surface area (TPSA) is 79.4 Å². The van der Waals surface area contributed by atoms with Gasteiger partial charge in [0, 0.05) is 31.2 Å². The van der Waals surface area contributed by atoms with Crippen LogP contribution < -0.4 is 0 Å². The van der Waals surface area contributed by atoms with E-state index < -0.39 is 21.7 Å². The maximum atomic E-state index is 13.9. The van der Waals surface area contributed by atoms with E-state index in [-0.39, 0.29) is 23.0 Å². The van der Waals surface area contributed by atoms with Gasteiger partial charge in [-0.1, -0.05) is 31.4 Å². The standard InChI is InChI=1S/C25H36ClN3O5S2/c1-2-11-28-18-5-6-19(28)14-27(13-18)24(30)34-25(9-10-25)21-16-33-15-20(12-17-3-4-17)29(21)36(31,32)23-8-7-22(26)35-23/h7-8,17-21H,2-6,9-16H2,1H3/t18?,19?,20-,21-/m1/s1. The number of morpholine rings is 1. The molecule has 200 valence electrons. The zero-order chi connectivity index (χ0) is 25.1. The first-order valence-electron chi connectivity index (χ1n) is 13.4. The van der Waals surface area contributed by atoms with E-state index in [4.69, 9.17) is 21.1 Å². The lowest BCUT2D eigenvalue weighted by atomic mass is 10.0. The van der Waals surface area contributed by atoms with Crippen molar-refractivity contribution in [1.82, 2.24) is 14.1 Å². The fourth-order valence-electron chi connectivity index (χ4n) is 6.54. The first kappa shape index (κ1) is 25.4. The minimum Gasteiger partial charge on any atom is -0.441 e. The molecule has 2 unspecified atom stereocenters. The van der Waals surface area contributed by atoms with Crippen LogP contribution in [0.3, 0.4) is 0 Å². The minimum atomic E-state index is -3.81. The summed E-state index contributed by atoms with van der Waals surface area (Å²) in [5.41, 5.74) is -0.826. The maximum Gasteiger partial charge on any atom is 0.410 e. The van der Waals surface area contributed by atoms with Gasteiger partial charge < -0.3 is 14.4 Å². The van der Waals surface area contributed by atoms with E-state index in [0.717, 1.165) is 56.4 Å². The number of amides is 1. The van der Waals surface area contributed by atoms with Gasteiger partial charge >= 0.3 is 6.09 Å². The van der Waals surface area contributed by atoms with Gasteiger partial charge in [-0.25, -0.2) is 13.2 Å². The monoisotopic (exact) mass is 557 g/mol. The van der Waals surface area contributed by atoms with Gasteiger partial charge in [-0.3, -0.25) is 4.90 Å². The summed E-state index contributed by atoms with van der Waals surface area (Å²) in [5, 5.41) is 0. The van der Waals surface area contributed by atoms with E-state index in [1.165, 1.54) is 0 Å². The second-order valence-electron chi connectivity index (χ2n) is 11.2. The molecule has 5 aliphatic rings. The Bertz CT molecular complexity index is 1080. The Morgan fingerprint density at radius 2 is 1.89 bits per heavy atom. The van der Waals surface area contributed by atoms with Gasteiger partial charge in [-0.2, -0.15) is 4.31 Å². The van der Waals surface area contributed by atoms with Gasteiger partial charge in [0.05, 0.1) is 23.6 Å². The molecule has 6 rings (SSSR count). The summed E-state index contributed by atoms with van der Waals surface area (Å²) in [6.45, 7) is 5.26. The summed E-state index contributed by atoms with van der Waals surface area (Å²) in [6, 6.07) is 3.22. The van der Waals surface area contributed by atoms with Crippen molar-refractivity contribution in [1.29, 1.82) is 0 Å². The van der Waals surface area contributed by atoms with Gasteiger partial charge in [0.2, 0.25) is 0 Å². The number of carbonyl (C=O) groups is 1. The highest BCUT2D eigenvalue weighted by Gasteiger charge is 2.61. The Morgan fingerprint density at radius 1 is 1.17 bits per heavy atom. The van der Waals surface area contributed by atoms with Crippen LogP contribution in [0.2, 0.25) is 4.34 Å². The zero-order valence-electron chi connectivity index (χ0n) is 20.8. The highest BCUT2D eigenvalue weighted by atomic mass is 35.5. The lowest BCUT2D eigenvalue weighted by Gasteiger charge is -2.45. The number of likely N-dealkylation sites (tertiary alicyclic amines) is 1. The van der Waals surface area contributed by atoms with Gasteiger partial charge in [0.1, 0.15) is 9.81 Å². The molecule has 0 radical (unpaired) electrons. The van der Waals surface area contributed by atoms with Crippen molar-refractivity contribution in [3.05, 3.63) is 16.5 Å². The number of sulfonamides is 1. The summed E-state index contributed by atoms with van der Waals surface area (Å²) < 4.78 is 42.4. The molecule has 3 aliphatic heterocycles. The number of ether oxygens (including phenoxy) is 2. The second kappa shape index (κ2) is 9.68. The molecule has 11 heteroatoms. The Labute approximate surface area is 222 Å². The van der Waals surface area contributed by atoms with Gasteiger partial charge in [0.15, 0.2) is 0 Å². The molecule has 1 amide bonds. The third kappa shape index (κ3) is 4.71. The van der Waals surface area contributed by atoms with E-state index in [0.29, 0.717) is 54.9 Å². The Hall–Kier alpha value is -0.910. The summed E-state index contributed by atoms with van der Waals surface area (Å²) in [5.74, 6) is 0.537. The molecule has 0 aromatic carbocycles. The molecule has 8 nitrogen and oxygen atoms in total. The third-order valence-corrected chi connectivity index (χ3v) is 12.3. The van der Waals surface area contributed by atoms with E-state index >= 15 is 0 Å². The van der Waals surface area contributed by atoms with Crippen molar-refractivity contribution in [3.8, 4) is 0 Å². The molecule has 0 N–H and O–H groups in total. The smallest absolute Gasteiger partial charge is 0.410 e. The Kier molecular flexibility index (Phi) is 6.82. The largest absolute Gasteiger partial charge is 0.441 e. The van der Waals surface area contributed by atoms with Crippen molar-refractivity contribution >= 4 is 39.1 Å². The third-order valence-electron chi connectivity index (χ3n) is 8.65. The molecule has 4 heterocycles. The molecule has 4 atom stereocenters. The van der Waals surface area contributed by atoms with Gasteiger partial charge in [-0.15, -0.1) is 11.3 Å². The van der Waals surface area contributed by atoms with Crippen LogP contribution in [0.1, 0.15) is 58.3 Å². The maximum absolute atomic E-state index is 13.9. The summed E-state index contributed by atoms with van der Waals surface area (Å²) >= 11 is 7.20.